The summed E-state index contributed by atoms with van der Waals surface area (Å²) in [5, 5.41) is 13.8. The zero-order valence-electron chi connectivity index (χ0n) is 11.6. The van der Waals surface area contributed by atoms with Gasteiger partial charge in [-0.05, 0) is 55.3 Å². The van der Waals surface area contributed by atoms with E-state index in [4.69, 9.17) is 0 Å². The summed E-state index contributed by atoms with van der Waals surface area (Å²) >= 11 is 0. The van der Waals surface area contributed by atoms with Gasteiger partial charge in [0, 0.05) is 6.04 Å². The van der Waals surface area contributed by atoms with Crippen LogP contribution >= 0.6 is 0 Å². The van der Waals surface area contributed by atoms with Crippen LogP contribution in [-0.2, 0) is 12.8 Å². The average Bonchev–Trinajstić information content (AvgIpc) is 2.43. The Hall–Kier alpha value is -0.860. The van der Waals surface area contributed by atoms with E-state index in [1.165, 1.54) is 36.8 Å². The summed E-state index contributed by atoms with van der Waals surface area (Å²) in [7, 11) is 0. The number of benzene rings is 1. The van der Waals surface area contributed by atoms with Crippen LogP contribution < -0.4 is 5.32 Å². The summed E-state index contributed by atoms with van der Waals surface area (Å²) in [6.07, 6.45) is 5.54. The van der Waals surface area contributed by atoms with E-state index in [1.54, 1.807) is 0 Å². The molecule has 0 fully saturated rings. The van der Waals surface area contributed by atoms with Gasteiger partial charge in [0.1, 0.15) is 0 Å². The van der Waals surface area contributed by atoms with E-state index in [0.29, 0.717) is 0 Å². The summed E-state index contributed by atoms with van der Waals surface area (Å²) in [5.74, 6) is 0. The van der Waals surface area contributed by atoms with Crippen molar-refractivity contribution >= 4 is 0 Å². The van der Waals surface area contributed by atoms with Crippen LogP contribution in [0.4, 0.5) is 0 Å². The van der Waals surface area contributed by atoms with Crippen molar-refractivity contribution in [3.63, 3.8) is 0 Å². The SMILES string of the molecule is CCNC(CC)C(O)c1ccc2c(c1)CCCC2. The molecule has 0 heterocycles. The average molecular weight is 247 g/mol. The van der Waals surface area contributed by atoms with E-state index >= 15 is 0 Å². The minimum Gasteiger partial charge on any atom is -0.387 e. The monoisotopic (exact) mass is 247 g/mol. The molecule has 1 aliphatic carbocycles. The van der Waals surface area contributed by atoms with Crippen molar-refractivity contribution < 1.29 is 5.11 Å². The third-order valence-electron chi connectivity index (χ3n) is 4.00. The zero-order chi connectivity index (χ0) is 13.0. The maximum Gasteiger partial charge on any atom is 0.0942 e. The minimum absolute atomic E-state index is 0.164. The molecule has 100 valence electrons. The molecule has 2 heteroatoms. The number of aliphatic hydroxyl groups is 1. The number of hydrogen-bond acceptors (Lipinski definition) is 2. The second-order valence-corrected chi connectivity index (χ2v) is 5.25. The summed E-state index contributed by atoms with van der Waals surface area (Å²) in [6.45, 7) is 5.11. The molecular formula is C16H25NO. The second kappa shape index (κ2) is 6.35. The molecule has 1 aromatic carbocycles. The molecule has 0 aliphatic heterocycles. The Morgan fingerprint density at radius 2 is 1.89 bits per heavy atom. The number of aliphatic hydroxyl groups excluding tert-OH is 1. The third-order valence-corrected chi connectivity index (χ3v) is 4.00. The maximum atomic E-state index is 10.5. The van der Waals surface area contributed by atoms with E-state index in [2.05, 4.69) is 37.4 Å². The number of hydrogen-bond donors (Lipinski definition) is 2. The summed E-state index contributed by atoms with van der Waals surface area (Å²) in [4.78, 5) is 0. The zero-order valence-corrected chi connectivity index (χ0v) is 11.6. The lowest BCUT2D eigenvalue weighted by atomic mass is 9.88. The first kappa shape index (κ1) is 13.6. The summed E-state index contributed by atoms with van der Waals surface area (Å²) < 4.78 is 0. The molecular weight excluding hydrogens is 222 g/mol. The van der Waals surface area contributed by atoms with Crippen LogP contribution in [0.5, 0.6) is 0 Å². The molecule has 2 atom stereocenters. The molecule has 2 rings (SSSR count). The predicted octanol–water partition coefficient (Wildman–Crippen LogP) is 2.99. The van der Waals surface area contributed by atoms with Gasteiger partial charge in [0.2, 0.25) is 0 Å². The van der Waals surface area contributed by atoms with Gasteiger partial charge in [0.15, 0.2) is 0 Å². The number of aryl methyl sites for hydroxylation is 2. The smallest absolute Gasteiger partial charge is 0.0942 e. The molecule has 18 heavy (non-hydrogen) atoms. The van der Waals surface area contributed by atoms with Crippen LogP contribution in [0, 0.1) is 0 Å². The Morgan fingerprint density at radius 3 is 2.56 bits per heavy atom. The highest BCUT2D eigenvalue weighted by Crippen LogP contribution is 2.26. The van der Waals surface area contributed by atoms with E-state index in [1.807, 2.05) is 0 Å². The van der Waals surface area contributed by atoms with Crippen molar-refractivity contribution in [3.05, 3.63) is 34.9 Å². The van der Waals surface area contributed by atoms with E-state index in [9.17, 15) is 5.11 Å². The van der Waals surface area contributed by atoms with Crippen molar-refractivity contribution in [2.24, 2.45) is 0 Å². The molecule has 2 N–H and O–H groups in total. The van der Waals surface area contributed by atoms with Crippen molar-refractivity contribution in [3.8, 4) is 0 Å². The van der Waals surface area contributed by atoms with Crippen LogP contribution in [0.15, 0.2) is 18.2 Å². The molecule has 0 saturated carbocycles. The topological polar surface area (TPSA) is 32.3 Å². The normalized spacial score (nSPS) is 18.2. The first-order valence-corrected chi connectivity index (χ1v) is 7.29. The summed E-state index contributed by atoms with van der Waals surface area (Å²) in [6, 6.07) is 6.70. The lowest BCUT2D eigenvalue weighted by molar-refractivity contribution is 0.127. The Morgan fingerprint density at radius 1 is 1.17 bits per heavy atom. The highest BCUT2D eigenvalue weighted by atomic mass is 16.3. The minimum atomic E-state index is -0.387. The van der Waals surface area contributed by atoms with Gasteiger partial charge in [-0.15, -0.1) is 0 Å². The van der Waals surface area contributed by atoms with Crippen molar-refractivity contribution in [2.75, 3.05) is 6.54 Å². The van der Waals surface area contributed by atoms with Crippen molar-refractivity contribution in [2.45, 2.75) is 58.1 Å². The molecule has 0 amide bonds. The van der Waals surface area contributed by atoms with Crippen LogP contribution in [0.1, 0.15) is 55.9 Å². The number of fused-ring (bicyclic) bond motifs is 1. The van der Waals surface area contributed by atoms with E-state index in [0.717, 1.165) is 18.5 Å². The number of rotatable bonds is 5. The van der Waals surface area contributed by atoms with Crippen molar-refractivity contribution in [1.82, 2.24) is 5.32 Å². The van der Waals surface area contributed by atoms with Crippen molar-refractivity contribution in [1.29, 1.82) is 0 Å². The lowest BCUT2D eigenvalue weighted by Crippen LogP contribution is -2.34. The summed E-state index contributed by atoms with van der Waals surface area (Å²) in [5.41, 5.74) is 4.00. The van der Waals surface area contributed by atoms with Gasteiger partial charge < -0.3 is 10.4 Å². The van der Waals surface area contributed by atoms with Gasteiger partial charge >= 0.3 is 0 Å². The molecule has 0 spiro atoms. The quantitative estimate of drug-likeness (QED) is 0.838. The molecule has 2 unspecified atom stereocenters. The number of nitrogens with one attached hydrogen (secondary N) is 1. The fraction of sp³-hybridized carbons (Fsp3) is 0.625. The van der Waals surface area contributed by atoms with Gasteiger partial charge in [0.05, 0.1) is 6.10 Å². The van der Waals surface area contributed by atoms with Gasteiger partial charge in [-0.25, -0.2) is 0 Å². The third kappa shape index (κ3) is 2.93. The first-order valence-electron chi connectivity index (χ1n) is 7.29. The molecule has 0 radical (unpaired) electrons. The highest BCUT2D eigenvalue weighted by molar-refractivity contribution is 5.35. The van der Waals surface area contributed by atoms with Gasteiger partial charge in [-0.2, -0.15) is 0 Å². The Labute approximate surface area is 110 Å². The van der Waals surface area contributed by atoms with Crippen LogP contribution in [0.2, 0.25) is 0 Å². The molecule has 1 aliphatic rings. The maximum absolute atomic E-state index is 10.5. The van der Waals surface area contributed by atoms with Crippen LogP contribution in [-0.4, -0.2) is 17.7 Å². The Bertz CT molecular complexity index is 389. The van der Waals surface area contributed by atoms with Gasteiger partial charge in [0.25, 0.3) is 0 Å². The van der Waals surface area contributed by atoms with Crippen LogP contribution in [0.25, 0.3) is 0 Å². The van der Waals surface area contributed by atoms with E-state index in [-0.39, 0.29) is 12.1 Å². The first-order chi connectivity index (χ1) is 8.76. The predicted molar refractivity (Wildman–Crippen MR) is 75.8 cm³/mol. The highest BCUT2D eigenvalue weighted by Gasteiger charge is 2.19. The molecule has 2 nitrogen and oxygen atoms in total. The largest absolute Gasteiger partial charge is 0.387 e. The Balaban J connectivity index is 2.17. The second-order valence-electron chi connectivity index (χ2n) is 5.25. The molecule has 0 aromatic heterocycles. The molecule has 1 aromatic rings. The van der Waals surface area contributed by atoms with Gasteiger partial charge in [-0.1, -0.05) is 32.0 Å². The Kier molecular flexibility index (Phi) is 4.79. The molecule has 0 saturated heterocycles. The van der Waals surface area contributed by atoms with Gasteiger partial charge in [-0.3, -0.25) is 0 Å². The van der Waals surface area contributed by atoms with Crippen LogP contribution in [0.3, 0.4) is 0 Å². The number of likely N-dealkylation sites (N-methyl/N-ethyl adjacent to an activating group) is 1. The standard InChI is InChI=1S/C16H25NO/c1-3-15(17-4-2)16(18)14-10-9-12-7-5-6-8-13(12)11-14/h9-11,15-18H,3-8H2,1-2H3. The fourth-order valence-electron chi connectivity index (χ4n) is 2.91. The fourth-order valence-corrected chi connectivity index (χ4v) is 2.91. The lowest BCUT2D eigenvalue weighted by Gasteiger charge is -2.24. The molecule has 0 bridgehead atoms. The van der Waals surface area contributed by atoms with E-state index < -0.39 is 0 Å².